The maximum Gasteiger partial charge on any atom is 0.241 e. The molecule has 0 amide bonds. The van der Waals surface area contributed by atoms with Crippen LogP contribution in [0.25, 0.3) is 0 Å². The molecule has 15 heavy (non-hydrogen) atoms. The fourth-order valence-corrected chi connectivity index (χ4v) is 1.69. The molecule has 0 bridgehead atoms. The number of hydrogen-bond acceptors (Lipinski definition) is 4. The second kappa shape index (κ2) is 5.09. The van der Waals surface area contributed by atoms with Crippen molar-refractivity contribution in [3.8, 4) is 0 Å². The molecular weight excluding hydrogens is 214 g/mol. The lowest BCUT2D eigenvalue weighted by Crippen LogP contribution is -2.18. The number of rotatable bonds is 5. The first kappa shape index (κ1) is 11.9. The molecule has 0 fully saturated rings. The van der Waals surface area contributed by atoms with Gasteiger partial charge in [-0.25, -0.2) is 18.1 Å². The Bertz CT molecular complexity index is 400. The molecule has 0 atom stereocenters. The minimum atomic E-state index is -3.38. The van der Waals surface area contributed by atoms with E-state index in [-0.39, 0.29) is 4.90 Å². The molecule has 84 valence electrons. The van der Waals surface area contributed by atoms with E-state index in [0.717, 1.165) is 13.0 Å². The summed E-state index contributed by atoms with van der Waals surface area (Å²) in [6, 6.07) is 3.18. The van der Waals surface area contributed by atoms with Gasteiger partial charge in [0.05, 0.1) is 0 Å². The van der Waals surface area contributed by atoms with Gasteiger partial charge in [0.15, 0.2) is 0 Å². The summed E-state index contributed by atoms with van der Waals surface area (Å²) < 4.78 is 24.9. The van der Waals surface area contributed by atoms with Crippen molar-refractivity contribution in [2.24, 2.45) is 0 Å². The largest absolute Gasteiger partial charge is 0.370 e. The highest BCUT2D eigenvalue weighted by Gasteiger charge is 2.10. The van der Waals surface area contributed by atoms with Crippen molar-refractivity contribution in [3.05, 3.63) is 18.3 Å². The Balaban J connectivity index is 2.81. The van der Waals surface area contributed by atoms with Gasteiger partial charge in [-0.3, -0.25) is 0 Å². The van der Waals surface area contributed by atoms with E-state index >= 15 is 0 Å². The number of aromatic nitrogens is 1. The quantitative estimate of drug-likeness (QED) is 0.784. The van der Waals surface area contributed by atoms with Crippen LogP contribution >= 0.6 is 0 Å². The lowest BCUT2D eigenvalue weighted by Gasteiger charge is -2.05. The molecule has 0 saturated heterocycles. The van der Waals surface area contributed by atoms with Gasteiger partial charge in [-0.2, -0.15) is 0 Å². The van der Waals surface area contributed by atoms with Gasteiger partial charge in [-0.15, -0.1) is 0 Å². The van der Waals surface area contributed by atoms with E-state index in [2.05, 4.69) is 15.0 Å². The van der Waals surface area contributed by atoms with Gasteiger partial charge in [-0.1, -0.05) is 6.92 Å². The molecule has 0 aliphatic carbocycles. The van der Waals surface area contributed by atoms with Gasteiger partial charge in [-0.05, 0) is 25.6 Å². The maximum absolute atomic E-state index is 11.4. The predicted molar refractivity (Wildman–Crippen MR) is 59.3 cm³/mol. The summed E-state index contributed by atoms with van der Waals surface area (Å²) >= 11 is 0. The molecule has 1 aromatic heterocycles. The predicted octanol–water partition coefficient (Wildman–Crippen LogP) is 0.812. The highest BCUT2D eigenvalue weighted by atomic mass is 32.2. The van der Waals surface area contributed by atoms with Crippen LogP contribution in [0.4, 0.5) is 5.82 Å². The maximum atomic E-state index is 11.4. The lowest BCUT2D eigenvalue weighted by molar-refractivity contribution is 0.588. The average molecular weight is 229 g/mol. The number of anilines is 1. The molecule has 0 saturated carbocycles. The SMILES string of the molecule is CCCNc1ccc(S(=O)(=O)NC)cn1. The van der Waals surface area contributed by atoms with E-state index in [1.807, 2.05) is 6.92 Å². The summed E-state index contributed by atoms with van der Waals surface area (Å²) in [4.78, 5) is 4.17. The molecule has 0 unspecified atom stereocenters. The van der Waals surface area contributed by atoms with Crippen LogP contribution in [-0.2, 0) is 10.0 Å². The molecule has 6 heteroatoms. The zero-order valence-corrected chi connectivity index (χ0v) is 9.63. The Morgan fingerprint density at radius 3 is 2.60 bits per heavy atom. The van der Waals surface area contributed by atoms with Crippen LogP contribution in [0.15, 0.2) is 23.2 Å². The number of hydrogen-bond donors (Lipinski definition) is 2. The molecule has 0 aliphatic rings. The van der Waals surface area contributed by atoms with Crippen molar-refractivity contribution in [1.29, 1.82) is 0 Å². The van der Waals surface area contributed by atoms with Gasteiger partial charge >= 0.3 is 0 Å². The van der Waals surface area contributed by atoms with E-state index in [1.54, 1.807) is 6.07 Å². The summed E-state index contributed by atoms with van der Waals surface area (Å²) in [5, 5.41) is 3.06. The molecule has 1 aromatic rings. The third-order valence-corrected chi connectivity index (χ3v) is 3.27. The first-order valence-electron chi connectivity index (χ1n) is 4.73. The highest BCUT2D eigenvalue weighted by molar-refractivity contribution is 7.89. The summed E-state index contributed by atoms with van der Waals surface area (Å²) in [5.41, 5.74) is 0. The fourth-order valence-electron chi connectivity index (χ4n) is 1.01. The lowest BCUT2D eigenvalue weighted by atomic mass is 10.4. The Morgan fingerprint density at radius 2 is 2.13 bits per heavy atom. The average Bonchev–Trinajstić information content (AvgIpc) is 2.27. The van der Waals surface area contributed by atoms with E-state index in [0.29, 0.717) is 5.82 Å². The van der Waals surface area contributed by atoms with E-state index in [1.165, 1.54) is 19.3 Å². The van der Waals surface area contributed by atoms with Gasteiger partial charge in [0, 0.05) is 12.7 Å². The number of nitrogens with zero attached hydrogens (tertiary/aromatic N) is 1. The monoisotopic (exact) mass is 229 g/mol. The second-order valence-corrected chi connectivity index (χ2v) is 4.90. The van der Waals surface area contributed by atoms with Gasteiger partial charge in [0.1, 0.15) is 10.7 Å². The van der Waals surface area contributed by atoms with Crippen LogP contribution < -0.4 is 10.0 Å². The highest BCUT2D eigenvalue weighted by Crippen LogP contribution is 2.09. The molecule has 1 rings (SSSR count). The molecule has 2 N–H and O–H groups in total. The van der Waals surface area contributed by atoms with Crippen LogP contribution in [0.1, 0.15) is 13.3 Å². The first-order chi connectivity index (χ1) is 7.10. The van der Waals surface area contributed by atoms with Crippen molar-refractivity contribution in [1.82, 2.24) is 9.71 Å². The Kier molecular flexibility index (Phi) is 4.05. The molecular formula is C9H15N3O2S. The van der Waals surface area contributed by atoms with Crippen LogP contribution in [0.3, 0.4) is 0 Å². The molecule has 0 spiro atoms. The number of pyridine rings is 1. The Hall–Kier alpha value is -1.14. The molecule has 5 nitrogen and oxygen atoms in total. The summed E-state index contributed by atoms with van der Waals surface area (Å²) in [6.07, 6.45) is 2.34. The van der Waals surface area contributed by atoms with Crippen molar-refractivity contribution < 1.29 is 8.42 Å². The molecule has 1 heterocycles. The van der Waals surface area contributed by atoms with Crippen molar-refractivity contribution in [2.45, 2.75) is 18.2 Å². The zero-order valence-electron chi connectivity index (χ0n) is 8.82. The van der Waals surface area contributed by atoms with E-state index < -0.39 is 10.0 Å². The van der Waals surface area contributed by atoms with Crippen LogP contribution in [-0.4, -0.2) is 27.0 Å². The van der Waals surface area contributed by atoms with Crippen LogP contribution in [0, 0.1) is 0 Å². The summed E-state index contributed by atoms with van der Waals surface area (Å²) in [5.74, 6) is 0.687. The fraction of sp³-hybridized carbons (Fsp3) is 0.444. The summed E-state index contributed by atoms with van der Waals surface area (Å²) in [6.45, 7) is 2.87. The Labute approximate surface area is 90.0 Å². The number of nitrogens with one attached hydrogen (secondary N) is 2. The van der Waals surface area contributed by atoms with Crippen LogP contribution in [0.5, 0.6) is 0 Å². The molecule has 0 aliphatic heterocycles. The molecule has 0 radical (unpaired) electrons. The molecule has 0 aromatic carbocycles. The minimum absolute atomic E-state index is 0.173. The topological polar surface area (TPSA) is 71.1 Å². The third kappa shape index (κ3) is 3.17. The van der Waals surface area contributed by atoms with Gasteiger partial charge in [0.2, 0.25) is 10.0 Å². The van der Waals surface area contributed by atoms with Crippen LogP contribution in [0.2, 0.25) is 0 Å². The normalized spacial score (nSPS) is 11.3. The van der Waals surface area contributed by atoms with E-state index in [9.17, 15) is 8.42 Å². The van der Waals surface area contributed by atoms with Crippen molar-refractivity contribution in [2.75, 3.05) is 18.9 Å². The van der Waals surface area contributed by atoms with Gasteiger partial charge in [0.25, 0.3) is 0 Å². The van der Waals surface area contributed by atoms with Crippen molar-refractivity contribution >= 4 is 15.8 Å². The van der Waals surface area contributed by atoms with Gasteiger partial charge < -0.3 is 5.32 Å². The third-order valence-electron chi connectivity index (χ3n) is 1.87. The summed E-state index contributed by atoms with van der Waals surface area (Å²) in [7, 11) is -2.00. The second-order valence-electron chi connectivity index (χ2n) is 3.01. The first-order valence-corrected chi connectivity index (χ1v) is 6.22. The standard InChI is InChI=1S/C9H15N3O2S/c1-3-6-11-9-5-4-8(7-12-9)15(13,14)10-2/h4-5,7,10H,3,6H2,1-2H3,(H,11,12). The zero-order chi connectivity index (χ0) is 11.3. The Morgan fingerprint density at radius 1 is 1.40 bits per heavy atom. The smallest absolute Gasteiger partial charge is 0.241 e. The number of sulfonamides is 1. The van der Waals surface area contributed by atoms with Crippen molar-refractivity contribution in [3.63, 3.8) is 0 Å². The van der Waals surface area contributed by atoms with E-state index in [4.69, 9.17) is 0 Å². The minimum Gasteiger partial charge on any atom is -0.370 e.